The van der Waals surface area contributed by atoms with Crippen molar-refractivity contribution in [2.24, 2.45) is 0 Å². The molecule has 0 aliphatic heterocycles. The standard InChI is InChI=1S/C22H30N2O3S/c1-7-18-10-9-11-19(8-2)21(18)23-22(25)17(5)24(28(6,26)27)20-14-15(3)12-13-16(20)4/h9-14,17H,7-8H2,1-6H3,(H,23,25)/t17-/m1/s1. The summed E-state index contributed by atoms with van der Waals surface area (Å²) in [6.07, 6.45) is 2.70. The molecule has 1 amide bonds. The van der Waals surface area contributed by atoms with Gasteiger partial charge < -0.3 is 5.32 Å². The van der Waals surface area contributed by atoms with E-state index in [-0.39, 0.29) is 5.91 Å². The molecule has 1 N–H and O–H groups in total. The average molecular weight is 403 g/mol. The van der Waals surface area contributed by atoms with Gasteiger partial charge in [-0.3, -0.25) is 9.10 Å². The van der Waals surface area contributed by atoms with Crippen LogP contribution in [0.25, 0.3) is 0 Å². The SMILES string of the molecule is CCc1cccc(CC)c1NC(=O)[C@@H](C)N(c1cc(C)ccc1C)S(C)(=O)=O. The summed E-state index contributed by atoms with van der Waals surface area (Å²) in [5.41, 5.74) is 5.14. The van der Waals surface area contributed by atoms with Gasteiger partial charge in [0.25, 0.3) is 0 Å². The van der Waals surface area contributed by atoms with Crippen molar-refractivity contribution in [3.63, 3.8) is 0 Å². The second-order valence-corrected chi connectivity index (χ2v) is 9.03. The van der Waals surface area contributed by atoms with Gasteiger partial charge in [0.15, 0.2) is 0 Å². The molecule has 5 nitrogen and oxygen atoms in total. The fraction of sp³-hybridized carbons (Fsp3) is 0.409. The first-order valence-electron chi connectivity index (χ1n) is 9.58. The number of hydrogen-bond acceptors (Lipinski definition) is 3. The molecule has 2 aromatic rings. The highest BCUT2D eigenvalue weighted by Gasteiger charge is 2.30. The van der Waals surface area contributed by atoms with E-state index in [1.807, 2.05) is 58.0 Å². The van der Waals surface area contributed by atoms with Crippen LogP contribution in [0, 0.1) is 13.8 Å². The van der Waals surface area contributed by atoms with Gasteiger partial charge in [0, 0.05) is 5.69 Å². The number of aryl methyl sites for hydroxylation is 4. The predicted octanol–water partition coefficient (Wildman–Crippen LogP) is 4.22. The number of carbonyl (C=O) groups is 1. The summed E-state index contributed by atoms with van der Waals surface area (Å²) in [6, 6.07) is 10.7. The first kappa shape index (κ1) is 22.0. The van der Waals surface area contributed by atoms with Crippen molar-refractivity contribution in [3.05, 3.63) is 58.7 Å². The van der Waals surface area contributed by atoms with E-state index in [0.29, 0.717) is 5.69 Å². The van der Waals surface area contributed by atoms with Crippen molar-refractivity contribution in [1.29, 1.82) is 0 Å². The largest absolute Gasteiger partial charge is 0.324 e. The van der Waals surface area contributed by atoms with Crippen LogP contribution >= 0.6 is 0 Å². The van der Waals surface area contributed by atoms with E-state index in [1.165, 1.54) is 4.31 Å². The van der Waals surface area contributed by atoms with E-state index >= 15 is 0 Å². The highest BCUT2D eigenvalue weighted by atomic mass is 32.2. The molecule has 0 heterocycles. The molecule has 0 aromatic heterocycles. The summed E-state index contributed by atoms with van der Waals surface area (Å²) in [5.74, 6) is -0.345. The monoisotopic (exact) mass is 402 g/mol. The second kappa shape index (κ2) is 8.78. The van der Waals surface area contributed by atoms with Gasteiger partial charge in [-0.05, 0) is 61.9 Å². The smallest absolute Gasteiger partial charge is 0.248 e. The minimum absolute atomic E-state index is 0.345. The fourth-order valence-corrected chi connectivity index (χ4v) is 4.59. The van der Waals surface area contributed by atoms with Gasteiger partial charge in [-0.25, -0.2) is 8.42 Å². The number of para-hydroxylation sites is 1. The molecule has 0 spiro atoms. The molecule has 152 valence electrons. The quantitative estimate of drug-likeness (QED) is 0.754. The van der Waals surface area contributed by atoms with Crippen molar-refractivity contribution < 1.29 is 13.2 Å². The zero-order valence-corrected chi connectivity index (χ0v) is 18.4. The van der Waals surface area contributed by atoms with E-state index in [0.717, 1.165) is 47.0 Å². The number of amides is 1. The molecule has 6 heteroatoms. The number of rotatable bonds is 7. The Labute approximate surface area is 168 Å². The van der Waals surface area contributed by atoms with Gasteiger partial charge in [0.1, 0.15) is 6.04 Å². The lowest BCUT2D eigenvalue weighted by molar-refractivity contribution is -0.116. The number of sulfonamides is 1. The Balaban J connectivity index is 2.45. The molecule has 0 bridgehead atoms. The number of nitrogens with one attached hydrogen (secondary N) is 1. The van der Waals surface area contributed by atoms with Gasteiger partial charge in [0.2, 0.25) is 15.9 Å². The van der Waals surface area contributed by atoms with Crippen LogP contribution in [-0.4, -0.2) is 26.6 Å². The van der Waals surface area contributed by atoms with E-state index in [1.54, 1.807) is 13.0 Å². The molecular formula is C22H30N2O3S. The first-order chi connectivity index (χ1) is 13.1. The van der Waals surface area contributed by atoms with Crippen LogP contribution < -0.4 is 9.62 Å². The third-order valence-corrected chi connectivity index (χ3v) is 6.17. The lowest BCUT2D eigenvalue weighted by Gasteiger charge is -2.30. The Morgan fingerprint density at radius 2 is 1.64 bits per heavy atom. The lowest BCUT2D eigenvalue weighted by atomic mass is 10.0. The number of anilines is 2. The summed E-state index contributed by atoms with van der Waals surface area (Å²) in [4.78, 5) is 13.1. The van der Waals surface area contributed by atoms with E-state index in [2.05, 4.69) is 5.32 Å². The Bertz CT molecular complexity index is 945. The molecule has 0 fully saturated rings. The van der Waals surface area contributed by atoms with E-state index < -0.39 is 16.1 Å². The Kier molecular flexibility index (Phi) is 6.88. The minimum atomic E-state index is -3.65. The second-order valence-electron chi connectivity index (χ2n) is 7.17. The Morgan fingerprint density at radius 1 is 1.07 bits per heavy atom. The number of benzene rings is 2. The Morgan fingerprint density at radius 3 is 2.14 bits per heavy atom. The molecule has 0 unspecified atom stereocenters. The molecule has 0 aliphatic rings. The third-order valence-electron chi connectivity index (χ3n) is 4.94. The summed E-state index contributed by atoms with van der Waals surface area (Å²) >= 11 is 0. The lowest BCUT2D eigenvalue weighted by Crippen LogP contribution is -2.46. The zero-order chi connectivity index (χ0) is 21.1. The van der Waals surface area contributed by atoms with Gasteiger partial charge >= 0.3 is 0 Å². The number of nitrogens with zero attached hydrogens (tertiary/aromatic N) is 1. The van der Waals surface area contributed by atoms with Crippen molar-refractivity contribution >= 4 is 27.3 Å². The summed E-state index contributed by atoms with van der Waals surface area (Å²) in [6.45, 7) is 9.44. The van der Waals surface area contributed by atoms with Crippen LogP contribution in [0.2, 0.25) is 0 Å². The molecule has 0 saturated heterocycles. The maximum Gasteiger partial charge on any atom is 0.248 e. The summed E-state index contributed by atoms with van der Waals surface area (Å²) < 4.78 is 26.4. The van der Waals surface area contributed by atoms with Gasteiger partial charge in [-0.1, -0.05) is 44.2 Å². The third kappa shape index (κ3) is 4.73. The predicted molar refractivity (Wildman–Crippen MR) is 117 cm³/mol. The van der Waals surface area contributed by atoms with Gasteiger partial charge in [-0.2, -0.15) is 0 Å². The molecule has 2 rings (SSSR count). The molecule has 0 aliphatic carbocycles. The van der Waals surface area contributed by atoms with Crippen molar-refractivity contribution in [1.82, 2.24) is 0 Å². The number of hydrogen-bond donors (Lipinski definition) is 1. The first-order valence-corrected chi connectivity index (χ1v) is 11.4. The molecule has 28 heavy (non-hydrogen) atoms. The zero-order valence-electron chi connectivity index (χ0n) is 17.5. The highest BCUT2D eigenvalue weighted by Crippen LogP contribution is 2.28. The molecule has 2 aromatic carbocycles. The van der Waals surface area contributed by atoms with Gasteiger partial charge in [-0.15, -0.1) is 0 Å². The normalized spacial score (nSPS) is 12.5. The van der Waals surface area contributed by atoms with Crippen molar-refractivity contribution in [2.75, 3.05) is 15.9 Å². The van der Waals surface area contributed by atoms with Crippen molar-refractivity contribution in [2.45, 2.75) is 53.5 Å². The van der Waals surface area contributed by atoms with Crippen LogP contribution in [0.4, 0.5) is 11.4 Å². The van der Waals surface area contributed by atoms with Crippen LogP contribution in [-0.2, 0) is 27.7 Å². The molecular weight excluding hydrogens is 372 g/mol. The van der Waals surface area contributed by atoms with Crippen LogP contribution in [0.15, 0.2) is 36.4 Å². The maximum atomic E-state index is 13.1. The number of carbonyl (C=O) groups excluding carboxylic acids is 1. The van der Waals surface area contributed by atoms with Gasteiger partial charge in [0.05, 0.1) is 11.9 Å². The van der Waals surface area contributed by atoms with Crippen LogP contribution in [0.5, 0.6) is 0 Å². The van der Waals surface area contributed by atoms with Crippen LogP contribution in [0.1, 0.15) is 43.0 Å². The highest BCUT2D eigenvalue weighted by molar-refractivity contribution is 7.92. The van der Waals surface area contributed by atoms with E-state index in [9.17, 15) is 13.2 Å². The summed E-state index contributed by atoms with van der Waals surface area (Å²) in [5, 5.41) is 2.99. The fourth-order valence-electron chi connectivity index (χ4n) is 3.37. The Hall–Kier alpha value is -2.34. The molecule has 0 radical (unpaired) electrons. The molecule has 1 atom stereocenters. The molecule has 0 saturated carbocycles. The van der Waals surface area contributed by atoms with E-state index in [4.69, 9.17) is 0 Å². The van der Waals surface area contributed by atoms with Crippen molar-refractivity contribution in [3.8, 4) is 0 Å². The minimum Gasteiger partial charge on any atom is -0.324 e. The van der Waals surface area contributed by atoms with Crippen LogP contribution in [0.3, 0.4) is 0 Å². The summed E-state index contributed by atoms with van der Waals surface area (Å²) in [7, 11) is -3.65. The topological polar surface area (TPSA) is 66.5 Å². The average Bonchev–Trinajstić information content (AvgIpc) is 2.63. The maximum absolute atomic E-state index is 13.1.